The third-order valence-corrected chi connectivity index (χ3v) is 4.40. The number of likely N-dealkylation sites (tertiary alicyclic amines) is 1. The Hall–Kier alpha value is 0.270. The summed E-state index contributed by atoms with van der Waals surface area (Å²) in [5.41, 5.74) is 5.87. The van der Waals surface area contributed by atoms with Gasteiger partial charge in [0.05, 0.1) is 0 Å². The van der Waals surface area contributed by atoms with E-state index in [-0.39, 0.29) is 0 Å². The van der Waals surface area contributed by atoms with Crippen LogP contribution in [0.3, 0.4) is 0 Å². The topological polar surface area (TPSA) is 29.3 Å². The molecule has 0 aromatic heterocycles. The van der Waals surface area contributed by atoms with Crippen LogP contribution in [0.2, 0.25) is 0 Å². The zero-order valence-electron chi connectivity index (χ0n) is 10.2. The van der Waals surface area contributed by atoms with Crippen molar-refractivity contribution >= 4 is 11.8 Å². The Morgan fingerprint density at radius 2 is 2.27 bits per heavy atom. The lowest BCUT2D eigenvalue weighted by atomic mass is 9.91. The maximum absolute atomic E-state index is 5.87. The Labute approximate surface area is 99.0 Å². The Morgan fingerprint density at radius 3 is 2.93 bits per heavy atom. The van der Waals surface area contributed by atoms with Crippen LogP contribution in [0, 0.1) is 5.92 Å². The highest BCUT2D eigenvalue weighted by Crippen LogP contribution is 2.22. The molecule has 2 atom stereocenters. The van der Waals surface area contributed by atoms with Crippen molar-refractivity contribution in [3.8, 4) is 0 Å². The number of hydrogen-bond donors (Lipinski definition) is 1. The van der Waals surface area contributed by atoms with Gasteiger partial charge in [0.25, 0.3) is 0 Å². The van der Waals surface area contributed by atoms with Crippen LogP contribution in [0.25, 0.3) is 0 Å². The molecule has 0 aromatic carbocycles. The minimum Gasteiger partial charge on any atom is -0.329 e. The van der Waals surface area contributed by atoms with Gasteiger partial charge in [0.15, 0.2) is 0 Å². The van der Waals surface area contributed by atoms with E-state index in [1.54, 1.807) is 0 Å². The van der Waals surface area contributed by atoms with Crippen LogP contribution in [0.4, 0.5) is 0 Å². The molecule has 0 bridgehead atoms. The molecule has 0 saturated carbocycles. The first kappa shape index (κ1) is 13.3. The monoisotopic (exact) mass is 230 g/mol. The molecule has 1 heterocycles. The highest BCUT2D eigenvalue weighted by molar-refractivity contribution is 7.99. The van der Waals surface area contributed by atoms with Gasteiger partial charge in [-0.05, 0) is 49.8 Å². The predicted octanol–water partition coefficient (Wildman–Crippen LogP) is 2.19. The molecule has 90 valence electrons. The number of thioether (sulfide) groups is 1. The van der Waals surface area contributed by atoms with Gasteiger partial charge in [0, 0.05) is 12.6 Å². The molecule has 15 heavy (non-hydrogen) atoms. The molecule has 2 N–H and O–H groups in total. The molecular weight excluding hydrogens is 204 g/mol. The lowest BCUT2D eigenvalue weighted by molar-refractivity contribution is 0.107. The second-order valence-corrected chi connectivity index (χ2v) is 5.90. The molecule has 2 nitrogen and oxygen atoms in total. The van der Waals surface area contributed by atoms with Crippen LogP contribution >= 0.6 is 11.8 Å². The quantitative estimate of drug-likeness (QED) is 0.709. The van der Waals surface area contributed by atoms with E-state index < -0.39 is 0 Å². The van der Waals surface area contributed by atoms with Gasteiger partial charge >= 0.3 is 0 Å². The maximum Gasteiger partial charge on any atom is 0.0244 e. The molecule has 1 rings (SSSR count). The van der Waals surface area contributed by atoms with E-state index in [2.05, 4.69) is 18.7 Å². The van der Waals surface area contributed by atoms with Crippen molar-refractivity contribution in [1.29, 1.82) is 0 Å². The van der Waals surface area contributed by atoms with Crippen molar-refractivity contribution in [2.75, 3.05) is 31.1 Å². The zero-order chi connectivity index (χ0) is 11.1. The van der Waals surface area contributed by atoms with Crippen molar-refractivity contribution < 1.29 is 0 Å². The molecular formula is C12H26N2S. The van der Waals surface area contributed by atoms with Gasteiger partial charge in [-0.1, -0.05) is 13.8 Å². The average molecular weight is 230 g/mol. The minimum absolute atomic E-state index is 0.644. The highest BCUT2D eigenvalue weighted by Gasteiger charge is 2.26. The Morgan fingerprint density at radius 1 is 1.47 bits per heavy atom. The Balaban J connectivity index is 2.25. The molecule has 2 unspecified atom stereocenters. The summed E-state index contributed by atoms with van der Waals surface area (Å²) >= 11 is 2.05. The van der Waals surface area contributed by atoms with Crippen molar-refractivity contribution in [3.63, 3.8) is 0 Å². The van der Waals surface area contributed by atoms with Crippen molar-refractivity contribution in [3.05, 3.63) is 0 Å². The summed E-state index contributed by atoms with van der Waals surface area (Å²) in [6.45, 7) is 7.94. The molecule has 0 aromatic rings. The zero-order valence-corrected chi connectivity index (χ0v) is 11.1. The number of nitrogens with zero attached hydrogens (tertiary/aromatic N) is 1. The van der Waals surface area contributed by atoms with Gasteiger partial charge < -0.3 is 5.73 Å². The first-order valence-electron chi connectivity index (χ1n) is 6.31. The third kappa shape index (κ3) is 4.33. The summed E-state index contributed by atoms with van der Waals surface area (Å²) in [7, 11) is 0. The van der Waals surface area contributed by atoms with E-state index in [0.29, 0.717) is 6.04 Å². The Kier molecular flexibility index (Phi) is 6.69. The van der Waals surface area contributed by atoms with Crippen LogP contribution in [0.15, 0.2) is 0 Å². The van der Waals surface area contributed by atoms with Gasteiger partial charge in [0.2, 0.25) is 0 Å². The average Bonchev–Trinajstić information content (AvgIpc) is 2.24. The molecule has 0 amide bonds. The van der Waals surface area contributed by atoms with E-state index in [4.69, 9.17) is 5.73 Å². The summed E-state index contributed by atoms with van der Waals surface area (Å²) < 4.78 is 0. The van der Waals surface area contributed by atoms with E-state index in [0.717, 1.165) is 12.5 Å². The number of hydrogen-bond acceptors (Lipinski definition) is 3. The normalized spacial score (nSPS) is 28.2. The lowest BCUT2D eigenvalue weighted by Crippen LogP contribution is -2.48. The summed E-state index contributed by atoms with van der Waals surface area (Å²) in [6, 6.07) is 0.644. The molecule has 1 fully saturated rings. The van der Waals surface area contributed by atoms with E-state index in [1.165, 1.54) is 43.9 Å². The Bertz CT molecular complexity index is 164. The standard InChI is InChI=1S/C12H26N2S/c1-3-15-9-5-8-14-7-4-6-11(2)12(14)10-13/h11-12H,3-10,13H2,1-2H3. The van der Waals surface area contributed by atoms with Crippen LogP contribution in [0.5, 0.6) is 0 Å². The number of piperidine rings is 1. The largest absolute Gasteiger partial charge is 0.329 e. The van der Waals surface area contributed by atoms with Crippen molar-refractivity contribution in [2.45, 2.75) is 39.2 Å². The minimum atomic E-state index is 0.644. The lowest BCUT2D eigenvalue weighted by Gasteiger charge is -2.39. The van der Waals surface area contributed by atoms with Crippen LogP contribution in [-0.2, 0) is 0 Å². The number of nitrogens with two attached hydrogens (primary N) is 1. The first-order valence-corrected chi connectivity index (χ1v) is 7.47. The molecule has 3 heteroatoms. The molecule has 1 aliphatic rings. The summed E-state index contributed by atoms with van der Waals surface area (Å²) in [4.78, 5) is 2.62. The second kappa shape index (κ2) is 7.53. The summed E-state index contributed by atoms with van der Waals surface area (Å²) in [5.74, 6) is 3.35. The van der Waals surface area contributed by atoms with Crippen LogP contribution in [0.1, 0.15) is 33.1 Å². The molecule has 0 radical (unpaired) electrons. The second-order valence-electron chi connectivity index (χ2n) is 4.51. The van der Waals surface area contributed by atoms with Crippen LogP contribution < -0.4 is 5.73 Å². The maximum atomic E-state index is 5.87. The molecule has 0 spiro atoms. The molecule has 0 aliphatic carbocycles. The van der Waals surface area contributed by atoms with Crippen molar-refractivity contribution in [1.82, 2.24) is 4.90 Å². The first-order chi connectivity index (χ1) is 7.29. The SMILES string of the molecule is CCSCCCN1CCCC(C)C1CN. The van der Waals surface area contributed by atoms with Crippen molar-refractivity contribution in [2.24, 2.45) is 11.7 Å². The van der Waals surface area contributed by atoms with Gasteiger partial charge in [0.1, 0.15) is 0 Å². The summed E-state index contributed by atoms with van der Waals surface area (Å²) in [5, 5.41) is 0. The predicted molar refractivity (Wildman–Crippen MR) is 70.4 cm³/mol. The van der Waals surface area contributed by atoms with Gasteiger partial charge in [-0.15, -0.1) is 0 Å². The van der Waals surface area contributed by atoms with Gasteiger partial charge in [-0.25, -0.2) is 0 Å². The number of rotatable bonds is 6. The fourth-order valence-electron chi connectivity index (χ4n) is 2.51. The fraction of sp³-hybridized carbons (Fsp3) is 1.00. The molecule has 1 saturated heterocycles. The van der Waals surface area contributed by atoms with E-state index >= 15 is 0 Å². The smallest absolute Gasteiger partial charge is 0.0244 e. The van der Waals surface area contributed by atoms with Crippen LogP contribution in [-0.4, -0.2) is 42.1 Å². The van der Waals surface area contributed by atoms with E-state index in [9.17, 15) is 0 Å². The molecule has 1 aliphatic heterocycles. The van der Waals surface area contributed by atoms with Gasteiger partial charge in [-0.3, -0.25) is 4.90 Å². The summed E-state index contributed by atoms with van der Waals surface area (Å²) in [6.07, 6.45) is 4.04. The highest BCUT2D eigenvalue weighted by atomic mass is 32.2. The van der Waals surface area contributed by atoms with E-state index in [1.807, 2.05) is 11.8 Å². The fourth-order valence-corrected chi connectivity index (χ4v) is 3.13. The van der Waals surface area contributed by atoms with Gasteiger partial charge in [-0.2, -0.15) is 11.8 Å². The third-order valence-electron chi connectivity index (χ3n) is 3.41.